The number of aromatic amines is 1. The first-order valence-corrected chi connectivity index (χ1v) is 8.13. The predicted octanol–water partition coefficient (Wildman–Crippen LogP) is 4.69. The van der Waals surface area contributed by atoms with Crippen molar-refractivity contribution in [2.45, 2.75) is 13.8 Å². The van der Waals surface area contributed by atoms with Crippen LogP contribution in [0, 0.1) is 18.3 Å². The molecule has 1 heterocycles. The first kappa shape index (κ1) is 16.9. The molecule has 3 aromatic rings. The van der Waals surface area contributed by atoms with Crippen molar-refractivity contribution in [2.24, 2.45) is 0 Å². The Kier molecular flexibility index (Phi) is 4.64. The van der Waals surface area contributed by atoms with E-state index < -0.39 is 0 Å². The Bertz CT molecular complexity index is 1020. The number of nitriles is 1. The molecule has 0 spiro atoms. The van der Waals surface area contributed by atoms with E-state index in [9.17, 15) is 10.4 Å². The van der Waals surface area contributed by atoms with Crippen LogP contribution in [0.5, 0.6) is 11.5 Å². The number of aryl methyl sites for hydroxylation is 1. The number of ether oxygens (including phenoxy) is 1. The Hall–Kier alpha value is -2.97. The Labute approximate surface area is 150 Å². The maximum absolute atomic E-state index is 9.92. The van der Waals surface area contributed by atoms with E-state index in [1.807, 2.05) is 32.0 Å². The number of nitrogens with zero attached hydrogens (tertiary/aromatic N) is 2. The molecule has 0 fully saturated rings. The average Bonchev–Trinajstić information content (AvgIpc) is 3.00. The lowest BCUT2D eigenvalue weighted by atomic mass is 10.1. The van der Waals surface area contributed by atoms with Crippen LogP contribution >= 0.6 is 11.6 Å². The zero-order valence-electron chi connectivity index (χ0n) is 13.8. The van der Waals surface area contributed by atoms with Crippen LogP contribution in [0.1, 0.15) is 23.9 Å². The van der Waals surface area contributed by atoms with Gasteiger partial charge in [-0.1, -0.05) is 17.7 Å². The summed E-state index contributed by atoms with van der Waals surface area (Å²) in [7, 11) is 0. The van der Waals surface area contributed by atoms with Crippen molar-refractivity contribution in [3.8, 4) is 17.6 Å². The zero-order chi connectivity index (χ0) is 18.0. The molecule has 5 nitrogen and oxygen atoms in total. The highest BCUT2D eigenvalue weighted by molar-refractivity contribution is 6.32. The van der Waals surface area contributed by atoms with Gasteiger partial charge in [-0.25, -0.2) is 4.98 Å². The number of hydrogen-bond acceptors (Lipinski definition) is 4. The molecular weight excluding hydrogens is 338 g/mol. The van der Waals surface area contributed by atoms with Gasteiger partial charge >= 0.3 is 0 Å². The summed E-state index contributed by atoms with van der Waals surface area (Å²) in [6.45, 7) is 4.20. The van der Waals surface area contributed by atoms with Gasteiger partial charge < -0.3 is 14.8 Å². The third-order valence-electron chi connectivity index (χ3n) is 3.67. The number of nitrogens with one attached hydrogen (secondary N) is 1. The van der Waals surface area contributed by atoms with Crippen molar-refractivity contribution in [2.75, 3.05) is 6.61 Å². The van der Waals surface area contributed by atoms with Gasteiger partial charge in [-0.15, -0.1) is 0 Å². The molecule has 0 radical (unpaired) electrons. The third kappa shape index (κ3) is 3.44. The Morgan fingerprint density at radius 2 is 2.20 bits per heavy atom. The van der Waals surface area contributed by atoms with E-state index in [0.717, 1.165) is 16.6 Å². The Morgan fingerprint density at radius 3 is 2.92 bits per heavy atom. The second-order valence-electron chi connectivity index (χ2n) is 5.56. The van der Waals surface area contributed by atoms with E-state index in [1.54, 1.807) is 18.2 Å². The molecule has 0 saturated heterocycles. The summed E-state index contributed by atoms with van der Waals surface area (Å²) in [5, 5.41) is 19.6. The van der Waals surface area contributed by atoms with E-state index in [2.05, 4.69) is 16.0 Å². The first-order chi connectivity index (χ1) is 12.0. The number of aromatic hydroxyl groups is 1. The maximum Gasteiger partial charge on any atom is 0.176 e. The molecule has 0 aliphatic carbocycles. The average molecular weight is 354 g/mol. The van der Waals surface area contributed by atoms with Gasteiger partial charge in [0.2, 0.25) is 0 Å². The van der Waals surface area contributed by atoms with E-state index in [-0.39, 0.29) is 16.5 Å². The second kappa shape index (κ2) is 6.88. The fourth-order valence-corrected chi connectivity index (χ4v) is 2.73. The van der Waals surface area contributed by atoms with Gasteiger partial charge in [0, 0.05) is 0 Å². The molecule has 2 N–H and O–H groups in total. The monoisotopic (exact) mass is 353 g/mol. The van der Waals surface area contributed by atoms with Crippen LogP contribution in [0.25, 0.3) is 22.7 Å². The smallest absolute Gasteiger partial charge is 0.176 e. The minimum absolute atomic E-state index is 0.113. The number of fused-ring (bicyclic) bond motifs is 1. The van der Waals surface area contributed by atoms with Gasteiger partial charge in [0.05, 0.1) is 28.2 Å². The first-order valence-electron chi connectivity index (χ1n) is 7.75. The molecule has 0 atom stereocenters. The SMILES string of the molecule is CCOc1cc(/C=C(\C#N)c2nc3ccc(C)cc3[nH]2)cc(Cl)c1O. The van der Waals surface area contributed by atoms with Crippen LogP contribution < -0.4 is 4.74 Å². The lowest BCUT2D eigenvalue weighted by Gasteiger charge is -2.08. The molecule has 0 amide bonds. The molecular formula is C19H16ClN3O2. The molecule has 1 aromatic heterocycles. The largest absolute Gasteiger partial charge is 0.503 e. The van der Waals surface area contributed by atoms with Crippen LogP contribution in [0.2, 0.25) is 5.02 Å². The Balaban J connectivity index is 2.06. The van der Waals surface area contributed by atoms with Crippen molar-refractivity contribution in [3.05, 3.63) is 52.3 Å². The summed E-state index contributed by atoms with van der Waals surface area (Å²) < 4.78 is 5.37. The third-order valence-corrected chi connectivity index (χ3v) is 3.96. The molecule has 0 unspecified atom stereocenters. The predicted molar refractivity (Wildman–Crippen MR) is 98.6 cm³/mol. The van der Waals surface area contributed by atoms with E-state index in [0.29, 0.717) is 23.6 Å². The van der Waals surface area contributed by atoms with Gasteiger partial charge in [0.15, 0.2) is 11.5 Å². The number of imidazole rings is 1. The second-order valence-corrected chi connectivity index (χ2v) is 5.97. The van der Waals surface area contributed by atoms with Crippen molar-refractivity contribution >= 4 is 34.3 Å². The summed E-state index contributed by atoms with van der Waals surface area (Å²) in [5.41, 5.74) is 3.77. The lowest BCUT2D eigenvalue weighted by Crippen LogP contribution is -1.93. The van der Waals surface area contributed by atoms with Crippen molar-refractivity contribution in [1.29, 1.82) is 5.26 Å². The lowest BCUT2D eigenvalue weighted by molar-refractivity contribution is 0.318. The van der Waals surface area contributed by atoms with E-state index in [1.165, 1.54) is 0 Å². The summed E-state index contributed by atoms with van der Waals surface area (Å²) in [6.07, 6.45) is 1.65. The van der Waals surface area contributed by atoms with Gasteiger partial charge in [-0.3, -0.25) is 0 Å². The fourth-order valence-electron chi connectivity index (χ4n) is 2.51. The van der Waals surface area contributed by atoms with E-state index >= 15 is 0 Å². The molecule has 0 aliphatic heterocycles. The van der Waals surface area contributed by atoms with Crippen molar-refractivity contribution < 1.29 is 9.84 Å². The molecule has 25 heavy (non-hydrogen) atoms. The van der Waals surface area contributed by atoms with Crippen LogP contribution in [0.3, 0.4) is 0 Å². The standard InChI is InChI=1S/C19H16ClN3O2/c1-3-25-17-9-12(8-14(20)18(17)24)7-13(10-21)19-22-15-5-4-11(2)6-16(15)23-19/h4-9,24H,3H2,1-2H3,(H,22,23)/b13-7+. The fraction of sp³-hybridized carbons (Fsp3) is 0.158. The van der Waals surface area contributed by atoms with Gasteiger partial charge in [-0.2, -0.15) is 5.26 Å². The highest BCUT2D eigenvalue weighted by Crippen LogP contribution is 2.36. The number of phenolic OH excluding ortho intramolecular Hbond substituents is 1. The minimum atomic E-state index is -0.113. The maximum atomic E-state index is 9.92. The topological polar surface area (TPSA) is 81.9 Å². The van der Waals surface area contributed by atoms with Crippen LogP contribution in [0.4, 0.5) is 0 Å². The summed E-state index contributed by atoms with van der Waals surface area (Å²) in [6, 6.07) is 11.2. The quantitative estimate of drug-likeness (QED) is 0.666. The molecule has 6 heteroatoms. The van der Waals surface area contributed by atoms with Crippen molar-refractivity contribution in [3.63, 3.8) is 0 Å². The number of rotatable bonds is 4. The van der Waals surface area contributed by atoms with Crippen LogP contribution in [-0.4, -0.2) is 21.7 Å². The minimum Gasteiger partial charge on any atom is -0.503 e. The summed E-state index contributed by atoms with van der Waals surface area (Å²) >= 11 is 6.04. The summed E-state index contributed by atoms with van der Waals surface area (Å²) in [5.74, 6) is 0.641. The van der Waals surface area contributed by atoms with Gasteiger partial charge in [0.1, 0.15) is 11.9 Å². The molecule has 0 aliphatic rings. The Morgan fingerprint density at radius 1 is 1.40 bits per heavy atom. The number of halogens is 1. The number of allylic oxidation sites excluding steroid dienone is 1. The molecule has 3 rings (SSSR count). The number of phenols is 1. The van der Waals surface area contributed by atoms with Crippen LogP contribution in [-0.2, 0) is 0 Å². The highest BCUT2D eigenvalue weighted by Gasteiger charge is 2.12. The molecule has 2 aromatic carbocycles. The molecule has 0 bridgehead atoms. The number of hydrogen-bond donors (Lipinski definition) is 2. The highest BCUT2D eigenvalue weighted by atomic mass is 35.5. The number of aromatic nitrogens is 2. The van der Waals surface area contributed by atoms with Gasteiger partial charge in [0.25, 0.3) is 0 Å². The number of H-pyrrole nitrogens is 1. The normalized spacial score (nSPS) is 11.5. The molecule has 126 valence electrons. The van der Waals surface area contributed by atoms with Gasteiger partial charge in [-0.05, 0) is 55.3 Å². The van der Waals surface area contributed by atoms with Crippen molar-refractivity contribution in [1.82, 2.24) is 9.97 Å². The number of benzene rings is 2. The van der Waals surface area contributed by atoms with E-state index in [4.69, 9.17) is 16.3 Å². The zero-order valence-corrected chi connectivity index (χ0v) is 14.6. The van der Waals surface area contributed by atoms with Crippen LogP contribution in [0.15, 0.2) is 30.3 Å². The molecule has 0 saturated carbocycles. The summed E-state index contributed by atoms with van der Waals surface area (Å²) in [4.78, 5) is 7.62.